The number of allylic oxidation sites excluding steroid dienone is 1. The summed E-state index contributed by atoms with van der Waals surface area (Å²) in [5.41, 5.74) is 2.62. The quantitative estimate of drug-likeness (QED) is 0.628. The van der Waals surface area contributed by atoms with Crippen LogP contribution in [0.15, 0.2) is 48.5 Å². The summed E-state index contributed by atoms with van der Waals surface area (Å²) in [6.45, 7) is 2.19. The van der Waals surface area contributed by atoms with Crippen LogP contribution in [-0.2, 0) is 0 Å². The Labute approximate surface area is 117 Å². The molecule has 3 rings (SSSR count). The Hall–Kier alpha value is -2.55. The summed E-state index contributed by atoms with van der Waals surface area (Å²) in [5.74, 6) is 1.46. The predicted molar refractivity (Wildman–Crippen MR) is 77.1 cm³/mol. The first-order valence-electron chi connectivity index (χ1n) is 6.42. The average molecular weight is 266 g/mol. The summed E-state index contributed by atoms with van der Waals surface area (Å²) in [6.07, 6.45) is 3.37. The van der Waals surface area contributed by atoms with Crippen LogP contribution in [-0.4, -0.2) is 12.6 Å². The highest BCUT2D eigenvalue weighted by Crippen LogP contribution is 2.32. The van der Waals surface area contributed by atoms with Gasteiger partial charge in [0, 0.05) is 5.56 Å². The topological polar surface area (TPSA) is 35.5 Å². The molecule has 0 aromatic heterocycles. The zero-order chi connectivity index (χ0) is 13.9. The van der Waals surface area contributed by atoms with E-state index in [9.17, 15) is 4.79 Å². The Morgan fingerprint density at radius 3 is 2.75 bits per heavy atom. The normalized spacial score (nSPS) is 12.8. The molecular formula is C17H14O3. The van der Waals surface area contributed by atoms with Gasteiger partial charge in [-0.3, -0.25) is 4.79 Å². The van der Waals surface area contributed by atoms with E-state index in [2.05, 4.69) is 0 Å². The lowest BCUT2D eigenvalue weighted by molar-refractivity contribution is 0.104. The van der Waals surface area contributed by atoms with E-state index in [-0.39, 0.29) is 12.6 Å². The summed E-state index contributed by atoms with van der Waals surface area (Å²) >= 11 is 0. The SMILES string of the molecule is Cc1ccccc1C(=O)C=Cc1ccc2c(c1)OCO2. The van der Waals surface area contributed by atoms with Gasteiger partial charge in [0.1, 0.15) is 0 Å². The second-order valence-corrected chi connectivity index (χ2v) is 4.63. The first-order chi connectivity index (χ1) is 9.74. The van der Waals surface area contributed by atoms with Gasteiger partial charge < -0.3 is 9.47 Å². The highest BCUT2D eigenvalue weighted by atomic mass is 16.7. The van der Waals surface area contributed by atoms with E-state index in [1.807, 2.05) is 49.4 Å². The molecule has 0 bridgehead atoms. The Morgan fingerprint density at radius 1 is 1.10 bits per heavy atom. The van der Waals surface area contributed by atoms with Crippen LogP contribution in [0.25, 0.3) is 6.08 Å². The lowest BCUT2D eigenvalue weighted by atomic mass is 10.0. The van der Waals surface area contributed by atoms with E-state index in [1.54, 1.807) is 12.2 Å². The molecule has 3 nitrogen and oxygen atoms in total. The van der Waals surface area contributed by atoms with Crippen molar-refractivity contribution < 1.29 is 14.3 Å². The van der Waals surface area contributed by atoms with Gasteiger partial charge in [-0.2, -0.15) is 0 Å². The van der Waals surface area contributed by atoms with Crippen molar-refractivity contribution in [1.82, 2.24) is 0 Å². The number of aryl methyl sites for hydroxylation is 1. The molecule has 0 aliphatic carbocycles. The van der Waals surface area contributed by atoms with Gasteiger partial charge >= 0.3 is 0 Å². The summed E-state index contributed by atoms with van der Waals surface area (Å²) in [7, 11) is 0. The second-order valence-electron chi connectivity index (χ2n) is 4.63. The maximum absolute atomic E-state index is 12.1. The molecule has 100 valence electrons. The van der Waals surface area contributed by atoms with Gasteiger partial charge in [0.05, 0.1) is 0 Å². The minimum atomic E-state index is 0.000710. The van der Waals surface area contributed by atoms with E-state index in [0.717, 1.165) is 28.2 Å². The van der Waals surface area contributed by atoms with Crippen LogP contribution in [0, 0.1) is 6.92 Å². The standard InChI is InChI=1S/C17H14O3/c1-12-4-2-3-5-14(12)15(18)8-6-13-7-9-16-17(10-13)20-11-19-16/h2-10H,11H2,1H3. The molecule has 0 amide bonds. The average Bonchev–Trinajstić information content (AvgIpc) is 2.92. The van der Waals surface area contributed by atoms with Gasteiger partial charge in [-0.1, -0.05) is 36.4 Å². The smallest absolute Gasteiger partial charge is 0.231 e. The van der Waals surface area contributed by atoms with Crippen LogP contribution < -0.4 is 9.47 Å². The van der Waals surface area contributed by atoms with Crippen molar-refractivity contribution >= 4 is 11.9 Å². The summed E-state index contributed by atoms with van der Waals surface area (Å²) < 4.78 is 10.6. The Kier molecular flexibility index (Phi) is 3.25. The van der Waals surface area contributed by atoms with Crippen molar-refractivity contribution in [3.8, 4) is 11.5 Å². The molecule has 1 heterocycles. The molecule has 0 radical (unpaired) electrons. The molecule has 0 unspecified atom stereocenters. The zero-order valence-electron chi connectivity index (χ0n) is 11.1. The largest absolute Gasteiger partial charge is 0.454 e. The van der Waals surface area contributed by atoms with Crippen molar-refractivity contribution in [2.75, 3.05) is 6.79 Å². The van der Waals surface area contributed by atoms with E-state index in [0.29, 0.717) is 0 Å². The number of carbonyl (C=O) groups excluding carboxylic acids is 1. The maximum Gasteiger partial charge on any atom is 0.231 e. The minimum Gasteiger partial charge on any atom is -0.454 e. The number of rotatable bonds is 3. The van der Waals surface area contributed by atoms with Gasteiger partial charge in [0.2, 0.25) is 6.79 Å². The molecule has 0 atom stereocenters. The van der Waals surface area contributed by atoms with Crippen molar-refractivity contribution in [3.05, 3.63) is 65.2 Å². The van der Waals surface area contributed by atoms with Crippen LogP contribution in [0.2, 0.25) is 0 Å². The van der Waals surface area contributed by atoms with Gasteiger partial charge in [0.25, 0.3) is 0 Å². The number of ketones is 1. The van der Waals surface area contributed by atoms with Crippen LogP contribution in [0.4, 0.5) is 0 Å². The number of benzene rings is 2. The fraction of sp³-hybridized carbons (Fsp3) is 0.118. The third-order valence-corrected chi connectivity index (χ3v) is 3.23. The number of carbonyl (C=O) groups is 1. The van der Waals surface area contributed by atoms with E-state index in [4.69, 9.17) is 9.47 Å². The molecule has 0 N–H and O–H groups in total. The van der Waals surface area contributed by atoms with Gasteiger partial charge in [0.15, 0.2) is 17.3 Å². The zero-order valence-corrected chi connectivity index (χ0v) is 11.1. The van der Waals surface area contributed by atoms with Crippen LogP contribution in [0.3, 0.4) is 0 Å². The van der Waals surface area contributed by atoms with Crippen LogP contribution in [0.1, 0.15) is 21.5 Å². The highest BCUT2D eigenvalue weighted by Gasteiger charge is 2.12. The summed E-state index contributed by atoms with van der Waals surface area (Å²) in [6, 6.07) is 13.2. The van der Waals surface area contributed by atoms with Crippen molar-refractivity contribution in [2.24, 2.45) is 0 Å². The second kappa shape index (κ2) is 5.21. The third-order valence-electron chi connectivity index (χ3n) is 3.23. The minimum absolute atomic E-state index is 0.000710. The molecule has 2 aromatic carbocycles. The number of fused-ring (bicyclic) bond motifs is 1. The Morgan fingerprint density at radius 2 is 1.90 bits per heavy atom. The highest BCUT2D eigenvalue weighted by molar-refractivity contribution is 6.07. The number of ether oxygens (including phenoxy) is 2. The van der Waals surface area contributed by atoms with E-state index in [1.165, 1.54) is 0 Å². The molecule has 3 heteroatoms. The molecule has 2 aromatic rings. The molecule has 1 aliphatic heterocycles. The third kappa shape index (κ3) is 2.43. The number of hydrogen-bond acceptors (Lipinski definition) is 3. The van der Waals surface area contributed by atoms with E-state index < -0.39 is 0 Å². The van der Waals surface area contributed by atoms with Crippen molar-refractivity contribution in [2.45, 2.75) is 6.92 Å². The van der Waals surface area contributed by atoms with Gasteiger partial charge in [-0.15, -0.1) is 0 Å². The molecule has 0 saturated carbocycles. The fourth-order valence-corrected chi connectivity index (χ4v) is 2.13. The molecule has 20 heavy (non-hydrogen) atoms. The van der Waals surface area contributed by atoms with Crippen molar-refractivity contribution in [1.29, 1.82) is 0 Å². The molecule has 0 saturated heterocycles. The molecular weight excluding hydrogens is 252 g/mol. The Bertz CT molecular complexity index is 686. The monoisotopic (exact) mass is 266 g/mol. The first kappa shape index (κ1) is 12.5. The fourth-order valence-electron chi connectivity index (χ4n) is 2.13. The summed E-state index contributed by atoms with van der Waals surface area (Å²) in [5, 5.41) is 0. The maximum atomic E-state index is 12.1. The van der Waals surface area contributed by atoms with Crippen molar-refractivity contribution in [3.63, 3.8) is 0 Å². The number of hydrogen-bond donors (Lipinski definition) is 0. The van der Waals surface area contributed by atoms with Gasteiger partial charge in [-0.05, 0) is 36.3 Å². The predicted octanol–water partition coefficient (Wildman–Crippen LogP) is 3.62. The molecule has 1 aliphatic rings. The molecule has 0 fully saturated rings. The van der Waals surface area contributed by atoms with E-state index >= 15 is 0 Å². The van der Waals surface area contributed by atoms with Crippen LogP contribution >= 0.6 is 0 Å². The lowest BCUT2D eigenvalue weighted by Crippen LogP contribution is -1.96. The molecule has 0 spiro atoms. The lowest BCUT2D eigenvalue weighted by Gasteiger charge is -2.01. The summed E-state index contributed by atoms with van der Waals surface area (Å²) in [4.78, 5) is 12.1. The first-order valence-corrected chi connectivity index (χ1v) is 6.42. The van der Waals surface area contributed by atoms with Gasteiger partial charge in [-0.25, -0.2) is 0 Å². The van der Waals surface area contributed by atoms with Crippen LogP contribution in [0.5, 0.6) is 11.5 Å². The Balaban J connectivity index is 1.81.